The second-order valence-electron chi connectivity index (χ2n) is 4.35. The lowest BCUT2D eigenvalue weighted by Crippen LogP contribution is -1.97. The number of aryl methyl sites for hydroxylation is 1. The third-order valence-corrected chi connectivity index (χ3v) is 5.03. The summed E-state index contributed by atoms with van der Waals surface area (Å²) in [6.45, 7) is 2.01. The molecule has 0 fully saturated rings. The third kappa shape index (κ3) is 3.22. The number of nitrogens with zero attached hydrogens (tertiary/aromatic N) is 3. The van der Waals surface area contributed by atoms with E-state index in [0.717, 1.165) is 26.3 Å². The first-order chi connectivity index (χ1) is 10.3. The van der Waals surface area contributed by atoms with Gasteiger partial charge in [0, 0.05) is 11.9 Å². The average molecular weight is 314 g/mol. The second-order valence-corrected chi connectivity index (χ2v) is 6.41. The van der Waals surface area contributed by atoms with Gasteiger partial charge < -0.3 is 5.32 Å². The van der Waals surface area contributed by atoms with Gasteiger partial charge in [0.15, 0.2) is 4.34 Å². The van der Waals surface area contributed by atoms with Crippen LogP contribution in [-0.2, 0) is 0 Å². The summed E-state index contributed by atoms with van der Waals surface area (Å²) in [5, 5.41) is 3.21. The smallest absolute Gasteiger partial charge is 0.227 e. The Bertz CT molecular complexity index is 740. The highest BCUT2D eigenvalue weighted by Gasteiger charge is 2.11. The van der Waals surface area contributed by atoms with Crippen LogP contribution in [0.15, 0.2) is 46.9 Å². The molecule has 2 heterocycles. The molecule has 0 aliphatic heterocycles. The van der Waals surface area contributed by atoms with E-state index in [9.17, 15) is 0 Å². The third-order valence-electron chi connectivity index (χ3n) is 2.87. The van der Waals surface area contributed by atoms with E-state index in [0.29, 0.717) is 5.95 Å². The summed E-state index contributed by atoms with van der Waals surface area (Å²) < 4.78 is 1.05. The van der Waals surface area contributed by atoms with Gasteiger partial charge in [-0.3, -0.25) is 0 Å². The molecule has 1 N–H and O–H groups in total. The fraction of sp³-hybridized carbons (Fsp3) is 0.133. The van der Waals surface area contributed by atoms with Crippen LogP contribution in [0.25, 0.3) is 10.6 Å². The Kier molecular flexibility index (Phi) is 4.17. The molecule has 0 saturated heterocycles. The van der Waals surface area contributed by atoms with Gasteiger partial charge in [0.05, 0.1) is 16.3 Å². The largest absolute Gasteiger partial charge is 0.324 e. The lowest BCUT2D eigenvalue weighted by atomic mass is 10.3. The van der Waals surface area contributed by atoms with Gasteiger partial charge in [-0.1, -0.05) is 30.0 Å². The van der Waals surface area contributed by atoms with Crippen molar-refractivity contribution in [1.29, 1.82) is 0 Å². The van der Waals surface area contributed by atoms with Crippen molar-refractivity contribution in [2.24, 2.45) is 0 Å². The molecule has 4 nitrogen and oxygen atoms in total. The van der Waals surface area contributed by atoms with E-state index in [1.807, 2.05) is 49.6 Å². The number of aromatic nitrogens is 3. The van der Waals surface area contributed by atoms with Crippen LogP contribution in [0.4, 0.5) is 11.6 Å². The number of para-hydroxylation sites is 1. The minimum Gasteiger partial charge on any atom is -0.324 e. The number of nitrogens with one attached hydrogen (secondary N) is 1. The molecule has 21 heavy (non-hydrogen) atoms. The highest BCUT2D eigenvalue weighted by Crippen LogP contribution is 2.33. The number of anilines is 2. The SMILES string of the molecule is CSc1nc(C)c(-c2ccnc(Nc3ccccc3)n2)s1. The molecule has 106 valence electrons. The van der Waals surface area contributed by atoms with Crippen LogP contribution in [0.5, 0.6) is 0 Å². The Morgan fingerprint density at radius 3 is 2.62 bits per heavy atom. The lowest BCUT2D eigenvalue weighted by molar-refractivity contribution is 1.14. The van der Waals surface area contributed by atoms with Crippen molar-refractivity contribution in [3.05, 3.63) is 48.3 Å². The van der Waals surface area contributed by atoms with Crippen molar-refractivity contribution in [3.63, 3.8) is 0 Å². The highest BCUT2D eigenvalue weighted by atomic mass is 32.2. The number of hydrogen-bond donors (Lipinski definition) is 1. The summed E-state index contributed by atoms with van der Waals surface area (Å²) in [5.74, 6) is 0.595. The van der Waals surface area contributed by atoms with Gasteiger partial charge in [-0.05, 0) is 31.4 Å². The summed E-state index contributed by atoms with van der Waals surface area (Å²) in [5.41, 5.74) is 2.88. The second kappa shape index (κ2) is 6.24. The van der Waals surface area contributed by atoms with Crippen molar-refractivity contribution in [2.45, 2.75) is 11.3 Å². The van der Waals surface area contributed by atoms with E-state index in [2.05, 4.69) is 20.3 Å². The molecule has 3 aromatic rings. The Hall–Kier alpha value is -1.92. The van der Waals surface area contributed by atoms with Crippen LogP contribution >= 0.6 is 23.1 Å². The van der Waals surface area contributed by atoms with Crippen molar-refractivity contribution >= 4 is 34.7 Å². The summed E-state index contributed by atoms with van der Waals surface area (Å²) in [6.07, 6.45) is 3.80. The zero-order valence-electron chi connectivity index (χ0n) is 11.7. The fourth-order valence-corrected chi connectivity index (χ4v) is 3.47. The lowest BCUT2D eigenvalue weighted by Gasteiger charge is -2.05. The molecule has 0 radical (unpaired) electrons. The van der Waals surface area contributed by atoms with Crippen LogP contribution in [0.3, 0.4) is 0 Å². The van der Waals surface area contributed by atoms with Crippen molar-refractivity contribution in [2.75, 3.05) is 11.6 Å². The molecule has 0 unspecified atom stereocenters. The van der Waals surface area contributed by atoms with E-state index in [1.165, 1.54) is 0 Å². The van der Waals surface area contributed by atoms with E-state index in [4.69, 9.17) is 0 Å². The normalized spacial score (nSPS) is 10.6. The fourth-order valence-electron chi connectivity index (χ4n) is 1.89. The molecular formula is C15H14N4S2. The molecule has 0 amide bonds. The number of rotatable bonds is 4. The average Bonchev–Trinajstić information content (AvgIpc) is 2.90. The Morgan fingerprint density at radius 1 is 1.10 bits per heavy atom. The maximum atomic E-state index is 4.59. The summed E-state index contributed by atoms with van der Waals surface area (Å²) in [6, 6.07) is 11.8. The van der Waals surface area contributed by atoms with Crippen LogP contribution in [0.1, 0.15) is 5.69 Å². The maximum Gasteiger partial charge on any atom is 0.227 e. The van der Waals surface area contributed by atoms with Gasteiger partial charge in [-0.15, -0.1) is 11.3 Å². The van der Waals surface area contributed by atoms with E-state index >= 15 is 0 Å². The predicted octanol–water partition coefficient (Wildman–Crippen LogP) is 4.37. The Morgan fingerprint density at radius 2 is 1.90 bits per heavy atom. The predicted molar refractivity (Wildman–Crippen MR) is 89.4 cm³/mol. The molecule has 6 heteroatoms. The minimum absolute atomic E-state index is 0.595. The van der Waals surface area contributed by atoms with Crippen molar-refractivity contribution < 1.29 is 0 Å². The Balaban J connectivity index is 1.91. The maximum absolute atomic E-state index is 4.59. The zero-order valence-corrected chi connectivity index (χ0v) is 13.3. The van der Waals surface area contributed by atoms with Crippen LogP contribution in [0.2, 0.25) is 0 Å². The number of benzene rings is 1. The summed E-state index contributed by atoms with van der Waals surface area (Å²) >= 11 is 3.32. The van der Waals surface area contributed by atoms with Crippen LogP contribution < -0.4 is 5.32 Å². The molecule has 0 aliphatic rings. The van der Waals surface area contributed by atoms with E-state index in [1.54, 1.807) is 29.3 Å². The zero-order chi connectivity index (χ0) is 14.7. The van der Waals surface area contributed by atoms with E-state index < -0.39 is 0 Å². The molecule has 0 saturated carbocycles. The molecule has 0 bridgehead atoms. The van der Waals surface area contributed by atoms with Crippen molar-refractivity contribution in [1.82, 2.24) is 15.0 Å². The van der Waals surface area contributed by atoms with Gasteiger partial charge in [0.25, 0.3) is 0 Å². The quantitative estimate of drug-likeness (QED) is 0.724. The van der Waals surface area contributed by atoms with Gasteiger partial charge in [-0.25, -0.2) is 15.0 Å². The van der Waals surface area contributed by atoms with Crippen molar-refractivity contribution in [3.8, 4) is 10.6 Å². The molecule has 3 rings (SSSR count). The first-order valence-electron chi connectivity index (χ1n) is 6.43. The standard InChI is InChI=1S/C15H14N4S2/c1-10-13(21-15(17-10)20-2)12-8-9-16-14(19-12)18-11-6-4-3-5-7-11/h3-9H,1-2H3,(H,16,18,19). The minimum atomic E-state index is 0.595. The first-order valence-corrected chi connectivity index (χ1v) is 8.47. The summed E-state index contributed by atoms with van der Waals surface area (Å²) in [4.78, 5) is 14.5. The number of thiazole rings is 1. The highest BCUT2D eigenvalue weighted by molar-refractivity contribution is 8.00. The summed E-state index contributed by atoms with van der Waals surface area (Å²) in [7, 11) is 0. The van der Waals surface area contributed by atoms with Gasteiger partial charge in [0.1, 0.15) is 0 Å². The first kappa shape index (κ1) is 14.0. The Labute approximate surface area is 131 Å². The number of hydrogen-bond acceptors (Lipinski definition) is 6. The molecular weight excluding hydrogens is 300 g/mol. The number of thioether (sulfide) groups is 1. The molecule has 0 atom stereocenters. The monoisotopic (exact) mass is 314 g/mol. The van der Waals surface area contributed by atoms with Gasteiger partial charge in [0.2, 0.25) is 5.95 Å². The van der Waals surface area contributed by atoms with Crippen LogP contribution in [0, 0.1) is 6.92 Å². The molecule has 0 aliphatic carbocycles. The van der Waals surface area contributed by atoms with E-state index in [-0.39, 0.29) is 0 Å². The van der Waals surface area contributed by atoms with Gasteiger partial charge >= 0.3 is 0 Å². The topological polar surface area (TPSA) is 50.7 Å². The molecule has 0 spiro atoms. The van der Waals surface area contributed by atoms with Crippen LogP contribution in [-0.4, -0.2) is 21.2 Å². The van der Waals surface area contributed by atoms with Gasteiger partial charge in [-0.2, -0.15) is 0 Å². The molecule has 2 aromatic heterocycles. The molecule has 1 aromatic carbocycles.